The molecule has 1 aromatic carbocycles. The minimum Gasteiger partial charge on any atom is -0.497 e. The van der Waals surface area contributed by atoms with Crippen LogP contribution in [0.25, 0.3) is 0 Å². The molecule has 2 aliphatic heterocycles. The largest absolute Gasteiger partial charge is 0.497 e. The van der Waals surface area contributed by atoms with Crippen LogP contribution in [0.3, 0.4) is 0 Å². The number of nitrogens with one attached hydrogen (secondary N) is 2. The minimum absolute atomic E-state index is 0. The molecule has 32 heavy (non-hydrogen) atoms. The van der Waals surface area contributed by atoms with Gasteiger partial charge in [-0.3, -0.25) is 9.89 Å². The third-order valence-electron chi connectivity index (χ3n) is 6.55. The Labute approximate surface area is 212 Å². The molecule has 182 valence electrons. The van der Waals surface area contributed by atoms with Crippen LogP contribution in [-0.4, -0.2) is 101 Å². The van der Waals surface area contributed by atoms with E-state index in [1.165, 1.54) is 44.6 Å². The van der Waals surface area contributed by atoms with Crippen molar-refractivity contribution < 1.29 is 4.74 Å². The third-order valence-corrected chi connectivity index (χ3v) is 6.55. The quantitative estimate of drug-likeness (QED) is 0.276. The summed E-state index contributed by atoms with van der Waals surface area (Å²) in [5.74, 6) is 2.38. The van der Waals surface area contributed by atoms with Crippen LogP contribution in [0.5, 0.6) is 5.75 Å². The highest BCUT2D eigenvalue weighted by molar-refractivity contribution is 14.0. The van der Waals surface area contributed by atoms with E-state index in [2.05, 4.69) is 68.6 Å². The van der Waals surface area contributed by atoms with Crippen molar-refractivity contribution in [3.8, 4) is 5.75 Å². The van der Waals surface area contributed by atoms with Crippen LogP contribution in [0.2, 0.25) is 0 Å². The van der Waals surface area contributed by atoms with Crippen molar-refractivity contribution in [1.29, 1.82) is 0 Å². The molecule has 2 saturated heterocycles. The van der Waals surface area contributed by atoms with Gasteiger partial charge in [-0.25, -0.2) is 0 Å². The molecule has 7 nitrogen and oxygen atoms in total. The molecule has 0 bridgehead atoms. The van der Waals surface area contributed by atoms with Gasteiger partial charge in [-0.2, -0.15) is 0 Å². The standard InChI is InChI=1S/C24H42N6O.HI/c1-20(19-29-15-13-28(3)14-16-29)17-26-24(25-2)27-18-23(30-11-5-6-12-30)21-7-9-22(31-4)10-8-21;/h7-10,20,23H,5-6,11-19H2,1-4H3,(H2,25,26,27);1H. The molecular weight excluding hydrogens is 515 g/mol. The van der Waals surface area contributed by atoms with E-state index < -0.39 is 0 Å². The van der Waals surface area contributed by atoms with Gasteiger partial charge in [0.15, 0.2) is 5.96 Å². The monoisotopic (exact) mass is 558 g/mol. The first kappa shape index (κ1) is 27.1. The lowest BCUT2D eigenvalue weighted by Crippen LogP contribution is -2.48. The highest BCUT2D eigenvalue weighted by Crippen LogP contribution is 2.26. The zero-order valence-corrected chi connectivity index (χ0v) is 22.7. The predicted octanol–water partition coefficient (Wildman–Crippen LogP) is 2.50. The number of methoxy groups -OCH3 is 1. The number of nitrogens with zero attached hydrogens (tertiary/aromatic N) is 4. The molecule has 0 saturated carbocycles. The molecule has 0 spiro atoms. The van der Waals surface area contributed by atoms with Crippen LogP contribution >= 0.6 is 24.0 Å². The molecule has 2 heterocycles. The Morgan fingerprint density at radius 3 is 2.22 bits per heavy atom. The van der Waals surface area contributed by atoms with Crippen molar-refractivity contribution in [2.45, 2.75) is 25.8 Å². The van der Waals surface area contributed by atoms with Gasteiger partial charge in [-0.15, -0.1) is 24.0 Å². The molecule has 2 unspecified atom stereocenters. The van der Waals surface area contributed by atoms with E-state index in [4.69, 9.17) is 4.74 Å². The Bertz CT molecular complexity index is 672. The number of guanidine groups is 1. The molecule has 8 heteroatoms. The topological polar surface area (TPSA) is 55.4 Å². The summed E-state index contributed by atoms with van der Waals surface area (Å²) in [6.45, 7) is 12.3. The number of hydrogen-bond acceptors (Lipinski definition) is 5. The first-order valence-corrected chi connectivity index (χ1v) is 11.8. The average molecular weight is 559 g/mol. The van der Waals surface area contributed by atoms with Gasteiger partial charge in [0.05, 0.1) is 13.2 Å². The second kappa shape index (κ2) is 14.2. The maximum Gasteiger partial charge on any atom is 0.191 e. The molecule has 0 aliphatic carbocycles. The third kappa shape index (κ3) is 8.35. The highest BCUT2D eigenvalue weighted by atomic mass is 127. The SMILES string of the molecule is CN=C(NCC(C)CN1CCN(C)CC1)NCC(c1ccc(OC)cc1)N1CCCC1.I. The van der Waals surface area contributed by atoms with Gasteiger partial charge in [0, 0.05) is 52.9 Å². The number of piperazine rings is 1. The van der Waals surface area contributed by atoms with E-state index in [1.807, 2.05) is 7.05 Å². The number of likely N-dealkylation sites (tertiary alicyclic amines) is 1. The summed E-state index contributed by atoms with van der Waals surface area (Å²) in [6.07, 6.45) is 2.56. The Morgan fingerprint density at radius 2 is 1.62 bits per heavy atom. The van der Waals surface area contributed by atoms with Crippen molar-refractivity contribution in [3.05, 3.63) is 29.8 Å². The molecule has 0 aromatic heterocycles. The van der Waals surface area contributed by atoms with Crippen LogP contribution in [0.15, 0.2) is 29.3 Å². The normalized spacial score (nSPS) is 20.4. The van der Waals surface area contributed by atoms with Gasteiger partial charge in [0.25, 0.3) is 0 Å². The number of halogens is 1. The van der Waals surface area contributed by atoms with Crippen LogP contribution < -0.4 is 15.4 Å². The van der Waals surface area contributed by atoms with Crippen molar-refractivity contribution in [2.75, 3.05) is 80.1 Å². The van der Waals surface area contributed by atoms with E-state index in [0.717, 1.165) is 44.4 Å². The summed E-state index contributed by atoms with van der Waals surface area (Å²) in [4.78, 5) is 12.0. The van der Waals surface area contributed by atoms with Crippen molar-refractivity contribution >= 4 is 29.9 Å². The summed E-state index contributed by atoms with van der Waals surface area (Å²) in [5, 5.41) is 7.13. The summed E-state index contributed by atoms with van der Waals surface area (Å²) < 4.78 is 5.34. The highest BCUT2D eigenvalue weighted by Gasteiger charge is 2.24. The fourth-order valence-electron chi connectivity index (χ4n) is 4.56. The van der Waals surface area contributed by atoms with E-state index in [0.29, 0.717) is 12.0 Å². The minimum atomic E-state index is 0. The maximum absolute atomic E-state index is 5.34. The number of likely N-dealkylation sites (N-methyl/N-ethyl adjacent to an activating group) is 1. The van der Waals surface area contributed by atoms with Crippen LogP contribution in [0, 0.1) is 5.92 Å². The molecule has 2 atom stereocenters. The zero-order valence-electron chi connectivity index (χ0n) is 20.3. The number of benzene rings is 1. The Kier molecular flexibility index (Phi) is 12.1. The molecular formula is C24H43IN6O. The number of hydrogen-bond donors (Lipinski definition) is 2. The summed E-state index contributed by atoms with van der Waals surface area (Å²) >= 11 is 0. The Balaban J connectivity index is 0.00000363. The van der Waals surface area contributed by atoms with Crippen LogP contribution in [0.4, 0.5) is 0 Å². The average Bonchev–Trinajstić information content (AvgIpc) is 3.32. The lowest BCUT2D eigenvalue weighted by Gasteiger charge is -2.34. The van der Waals surface area contributed by atoms with E-state index in [1.54, 1.807) is 7.11 Å². The smallest absolute Gasteiger partial charge is 0.191 e. The first-order valence-electron chi connectivity index (χ1n) is 11.8. The van der Waals surface area contributed by atoms with Gasteiger partial charge in [-0.1, -0.05) is 19.1 Å². The van der Waals surface area contributed by atoms with Gasteiger partial charge in [0.1, 0.15) is 5.75 Å². The predicted molar refractivity (Wildman–Crippen MR) is 144 cm³/mol. The fourth-order valence-corrected chi connectivity index (χ4v) is 4.56. The summed E-state index contributed by atoms with van der Waals surface area (Å²) in [7, 11) is 5.78. The maximum atomic E-state index is 5.34. The molecule has 1 aromatic rings. The number of aliphatic imine (C=N–C) groups is 1. The van der Waals surface area contributed by atoms with Crippen molar-refractivity contribution in [1.82, 2.24) is 25.3 Å². The molecule has 2 fully saturated rings. The van der Waals surface area contributed by atoms with Gasteiger partial charge in [0.2, 0.25) is 0 Å². The van der Waals surface area contributed by atoms with E-state index in [-0.39, 0.29) is 24.0 Å². The Hall–Kier alpha value is -1.10. The zero-order chi connectivity index (χ0) is 22.1. The van der Waals surface area contributed by atoms with Crippen LogP contribution in [-0.2, 0) is 0 Å². The van der Waals surface area contributed by atoms with Crippen molar-refractivity contribution in [2.24, 2.45) is 10.9 Å². The molecule has 0 radical (unpaired) electrons. The molecule has 2 N–H and O–H groups in total. The van der Waals surface area contributed by atoms with Crippen molar-refractivity contribution in [3.63, 3.8) is 0 Å². The first-order chi connectivity index (χ1) is 15.1. The van der Waals surface area contributed by atoms with Crippen LogP contribution in [0.1, 0.15) is 31.4 Å². The Morgan fingerprint density at radius 1 is 1.00 bits per heavy atom. The van der Waals surface area contributed by atoms with Gasteiger partial charge < -0.3 is 25.2 Å². The molecule has 2 aliphatic rings. The lowest BCUT2D eigenvalue weighted by molar-refractivity contribution is 0.139. The summed E-state index contributed by atoms with van der Waals surface area (Å²) in [5.41, 5.74) is 1.33. The van der Waals surface area contributed by atoms with E-state index >= 15 is 0 Å². The lowest BCUT2D eigenvalue weighted by atomic mass is 10.1. The number of ether oxygens (including phenoxy) is 1. The fraction of sp³-hybridized carbons (Fsp3) is 0.708. The molecule has 3 rings (SSSR count). The second-order valence-corrected chi connectivity index (χ2v) is 9.08. The van der Waals surface area contributed by atoms with Gasteiger partial charge >= 0.3 is 0 Å². The molecule has 0 amide bonds. The van der Waals surface area contributed by atoms with Gasteiger partial charge in [-0.05, 0) is 56.6 Å². The van der Waals surface area contributed by atoms with E-state index in [9.17, 15) is 0 Å². The summed E-state index contributed by atoms with van der Waals surface area (Å²) in [6, 6.07) is 8.85. The second-order valence-electron chi connectivity index (χ2n) is 9.08. The number of rotatable bonds is 9.